The molecule has 3 heterocycles. The van der Waals surface area contributed by atoms with Crippen molar-refractivity contribution in [2.45, 2.75) is 42.6 Å². The zero-order chi connectivity index (χ0) is 43.5. The van der Waals surface area contributed by atoms with Crippen LogP contribution in [-0.2, 0) is 24.5 Å². The van der Waals surface area contributed by atoms with Crippen LogP contribution in [0, 0.1) is 17.8 Å². The van der Waals surface area contributed by atoms with E-state index in [0.717, 1.165) is 16.0 Å². The molecule has 0 unspecified atom stereocenters. The van der Waals surface area contributed by atoms with Gasteiger partial charge in [0.05, 0.1) is 36.3 Å². The molecule has 13 heteroatoms. The van der Waals surface area contributed by atoms with Crippen molar-refractivity contribution >= 4 is 35.5 Å². The Labute approximate surface area is 358 Å². The minimum Gasteiger partial charge on any atom is -0.508 e. The Morgan fingerprint density at radius 1 is 0.855 bits per heavy atom. The second-order valence-corrected chi connectivity index (χ2v) is 15.4. The van der Waals surface area contributed by atoms with Crippen LogP contribution in [0.5, 0.6) is 5.75 Å². The number of morpholine rings is 1. The van der Waals surface area contributed by atoms with Gasteiger partial charge in [-0.05, 0) is 65.1 Å². The lowest BCUT2D eigenvalue weighted by Crippen LogP contribution is -2.56. The van der Waals surface area contributed by atoms with Gasteiger partial charge in [0.2, 0.25) is 11.8 Å². The van der Waals surface area contributed by atoms with Crippen molar-refractivity contribution in [2.24, 2.45) is 11.7 Å². The number of nitrogens with zero attached hydrogens (tertiary/aromatic N) is 2. The zero-order valence-corrected chi connectivity index (χ0v) is 33.7. The van der Waals surface area contributed by atoms with Gasteiger partial charge in [0.1, 0.15) is 23.3 Å². The molecule has 6 N–H and O–H groups in total. The predicted octanol–water partition coefficient (Wildman–Crippen LogP) is 5.85. The summed E-state index contributed by atoms with van der Waals surface area (Å²) in [6.07, 6.45) is 0.584. The first-order valence-electron chi connectivity index (χ1n) is 20.2. The maximum atomic E-state index is 16.2. The number of phenols is 1. The van der Waals surface area contributed by atoms with Gasteiger partial charge in [0, 0.05) is 12.1 Å². The lowest BCUT2D eigenvalue weighted by Gasteiger charge is -2.46. The molecule has 0 radical (unpaired) electrons. The number of phenolic OH excluding ortho intramolecular Hbond substituents is 1. The topological polar surface area (TPSA) is 183 Å². The van der Waals surface area contributed by atoms with Gasteiger partial charge in [0.25, 0.3) is 0 Å². The smallest absolute Gasteiger partial charge is 0.329 e. The summed E-state index contributed by atoms with van der Waals surface area (Å²) in [7, 11) is 0. The molecule has 0 bridgehead atoms. The molecule has 7 atom stereocenters. The Bertz CT molecular complexity index is 2600. The third kappa shape index (κ3) is 7.20. The van der Waals surface area contributed by atoms with Gasteiger partial charge in [-0.2, -0.15) is 0 Å². The molecule has 8 rings (SSSR count). The van der Waals surface area contributed by atoms with E-state index in [0.29, 0.717) is 16.7 Å². The second kappa shape index (κ2) is 17.1. The second-order valence-electron chi connectivity index (χ2n) is 15.4. The van der Waals surface area contributed by atoms with Crippen LogP contribution in [0.1, 0.15) is 64.5 Å². The van der Waals surface area contributed by atoms with Crippen LogP contribution >= 0.6 is 0 Å². The highest BCUT2D eigenvalue weighted by atomic mass is 16.6. The van der Waals surface area contributed by atoms with E-state index < -0.39 is 71.5 Å². The van der Waals surface area contributed by atoms with Crippen LogP contribution in [0.3, 0.4) is 0 Å². The SMILES string of the molecule is C=CCNC(=O)[C@H]1[C@@H]2C(=O)O[C@@H](c3ccccc3)[C@@H](c3ccccc3)N2[C@@H](c2ccc(O)cc2)[C@]12C(=O)N(C(=O)N[C@H](C)c1ccccc1)c1ccc(C#CCNC(N)=O)cc12. The molecule has 3 aliphatic rings. The van der Waals surface area contributed by atoms with E-state index >= 15 is 14.4 Å². The number of esters is 1. The molecular weight excluding hydrogens is 785 g/mol. The number of hydrogen-bond donors (Lipinski definition) is 5. The van der Waals surface area contributed by atoms with Gasteiger partial charge in [-0.25, -0.2) is 14.5 Å². The van der Waals surface area contributed by atoms with Crippen LogP contribution in [-0.4, -0.2) is 59.0 Å². The first-order valence-corrected chi connectivity index (χ1v) is 20.2. The lowest BCUT2D eigenvalue weighted by atomic mass is 9.65. The van der Waals surface area contributed by atoms with Crippen LogP contribution in [0.15, 0.2) is 146 Å². The molecule has 1 spiro atoms. The van der Waals surface area contributed by atoms with E-state index in [-0.39, 0.29) is 30.1 Å². The van der Waals surface area contributed by atoms with Crippen molar-refractivity contribution in [3.63, 3.8) is 0 Å². The highest BCUT2D eigenvalue weighted by Crippen LogP contribution is 2.66. The number of anilines is 1. The minimum absolute atomic E-state index is 0.00400. The Morgan fingerprint density at radius 2 is 1.50 bits per heavy atom. The van der Waals surface area contributed by atoms with E-state index in [2.05, 4.69) is 34.4 Å². The van der Waals surface area contributed by atoms with Gasteiger partial charge < -0.3 is 31.5 Å². The summed E-state index contributed by atoms with van der Waals surface area (Å²) >= 11 is 0. The van der Waals surface area contributed by atoms with Crippen LogP contribution in [0.2, 0.25) is 0 Å². The molecule has 13 nitrogen and oxygen atoms in total. The molecule has 5 aromatic carbocycles. The molecule has 3 aliphatic heterocycles. The number of amides is 6. The number of carbonyl (C=O) groups excluding carboxylic acids is 5. The number of fused-ring (bicyclic) bond motifs is 3. The molecule has 62 heavy (non-hydrogen) atoms. The summed E-state index contributed by atoms with van der Waals surface area (Å²) in [5.74, 6) is 2.19. The van der Waals surface area contributed by atoms with Crippen molar-refractivity contribution < 1.29 is 33.8 Å². The number of nitrogens with one attached hydrogen (secondary N) is 3. The third-order valence-electron chi connectivity index (χ3n) is 11.8. The standard InChI is InChI=1S/C49H44N6O7/c1-3-27-51-44(57)39-41-45(58)62-42(34-19-11-6-12-20-34)40(33-17-9-5-10-18-33)55(41)43(35-22-24-36(56)25-23-35)49(39)37-29-31(14-13-28-52-47(50)60)21-26-38(37)54(46(49)59)48(61)53-30(2)32-15-7-4-8-16-32/h3-12,15-26,29-30,39-43,56H,1,27-28H2,2H3,(H,51,57)(H,53,61)(H3,50,52,60)/t30-,39-,40-,41-,42+,43+,49-/m1/s1. The molecule has 2 saturated heterocycles. The van der Waals surface area contributed by atoms with Crippen molar-refractivity contribution in [1.29, 1.82) is 0 Å². The van der Waals surface area contributed by atoms with E-state index in [4.69, 9.17) is 10.5 Å². The van der Waals surface area contributed by atoms with Gasteiger partial charge >= 0.3 is 18.0 Å². The van der Waals surface area contributed by atoms with Crippen molar-refractivity contribution in [2.75, 3.05) is 18.0 Å². The normalized spacial score (nSPS) is 22.9. The molecule has 312 valence electrons. The number of rotatable bonds is 9. The van der Waals surface area contributed by atoms with Crippen molar-refractivity contribution in [3.8, 4) is 17.6 Å². The van der Waals surface area contributed by atoms with E-state index in [1.807, 2.05) is 95.9 Å². The Kier molecular flexibility index (Phi) is 11.3. The number of benzene rings is 5. The number of urea groups is 2. The molecule has 6 amide bonds. The average molecular weight is 829 g/mol. The average Bonchev–Trinajstić information content (AvgIpc) is 3.74. The molecule has 2 fully saturated rings. The van der Waals surface area contributed by atoms with Gasteiger partial charge in [0.15, 0.2) is 0 Å². The third-order valence-corrected chi connectivity index (χ3v) is 11.8. The quantitative estimate of drug-likeness (QED) is 0.0697. The number of ether oxygens (including phenoxy) is 1. The zero-order valence-electron chi connectivity index (χ0n) is 33.7. The number of carbonyl (C=O) groups is 5. The largest absolute Gasteiger partial charge is 0.508 e. The number of cyclic esters (lactones) is 1. The number of aromatic hydroxyl groups is 1. The van der Waals surface area contributed by atoms with Gasteiger partial charge in [-0.3, -0.25) is 19.3 Å². The maximum absolute atomic E-state index is 16.2. The molecular formula is C49H44N6O7. The van der Waals surface area contributed by atoms with Gasteiger partial charge in [-0.1, -0.05) is 121 Å². The highest BCUT2D eigenvalue weighted by molar-refractivity contribution is 6.24. The first-order chi connectivity index (χ1) is 30.1. The maximum Gasteiger partial charge on any atom is 0.329 e. The summed E-state index contributed by atoms with van der Waals surface area (Å²) in [6, 6.07) is 33.8. The summed E-state index contributed by atoms with van der Waals surface area (Å²) in [6.45, 7) is 5.52. The number of imide groups is 1. The first kappa shape index (κ1) is 41.1. The van der Waals surface area contributed by atoms with Crippen LogP contribution in [0.25, 0.3) is 0 Å². The van der Waals surface area contributed by atoms with Gasteiger partial charge in [-0.15, -0.1) is 6.58 Å². The van der Waals surface area contributed by atoms with Crippen molar-refractivity contribution in [1.82, 2.24) is 20.9 Å². The number of hydrogen-bond acceptors (Lipinski definition) is 8. The van der Waals surface area contributed by atoms with E-state index in [1.165, 1.54) is 18.2 Å². The summed E-state index contributed by atoms with van der Waals surface area (Å²) in [5.41, 5.74) is 6.80. The number of primary amides is 1. The summed E-state index contributed by atoms with van der Waals surface area (Å²) in [5, 5.41) is 18.9. The Balaban J connectivity index is 1.42. The predicted molar refractivity (Wildman–Crippen MR) is 231 cm³/mol. The molecule has 0 aromatic heterocycles. The van der Waals surface area contributed by atoms with Crippen LogP contribution in [0.4, 0.5) is 15.3 Å². The van der Waals surface area contributed by atoms with Crippen LogP contribution < -0.4 is 26.6 Å². The minimum atomic E-state index is -2.02. The lowest BCUT2D eigenvalue weighted by molar-refractivity contribution is -0.178. The molecule has 0 aliphatic carbocycles. The molecule has 0 saturated carbocycles. The van der Waals surface area contributed by atoms with E-state index in [9.17, 15) is 14.7 Å². The highest BCUT2D eigenvalue weighted by Gasteiger charge is 2.75. The Morgan fingerprint density at radius 3 is 2.15 bits per heavy atom. The fourth-order valence-corrected chi connectivity index (χ4v) is 9.28. The number of nitrogens with two attached hydrogens (primary N) is 1. The summed E-state index contributed by atoms with van der Waals surface area (Å²) in [4.78, 5) is 75.6. The van der Waals surface area contributed by atoms with Crippen molar-refractivity contribution in [3.05, 3.63) is 179 Å². The Hall–Kier alpha value is -7.69. The fourth-order valence-electron chi connectivity index (χ4n) is 9.28. The summed E-state index contributed by atoms with van der Waals surface area (Å²) < 4.78 is 6.46. The molecule has 5 aromatic rings. The monoisotopic (exact) mass is 828 g/mol. The van der Waals surface area contributed by atoms with E-state index in [1.54, 1.807) is 37.3 Å². The fraction of sp³-hybridized carbons (Fsp3) is 0.204.